The van der Waals surface area contributed by atoms with Crippen LogP contribution in [-0.2, 0) is 6.42 Å². The molecule has 0 saturated heterocycles. The van der Waals surface area contributed by atoms with E-state index in [1.807, 2.05) is 30.3 Å². The Balaban J connectivity index is 1.74. The second kappa shape index (κ2) is 12.2. The molecular weight excluding hydrogens is 452 g/mol. The van der Waals surface area contributed by atoms with Gasteiger partial charge in [-0.1, -0.05) is 36.4 Å². The molecule has 0 atom stereocenters. The first-order valence-electron chi connectivity index (χ1n) is 10.3. The minimum absolute atomic E-state index is 0.0132. The molecule has 11 heteroatoms. The van der Waals surface area contributed by atoms with E-state index in [-0.39, 0.29) is 11.6 Å². The molecule has 1 heterocycles. The molecule has 35 heavy (non-hydrogen) atoms. The van der Waals surface area contributed by atoms with Gasteiger partial charge in [0.05, 0.1) is 21.5 Å². The van der Waals surface area contributed by atoms with Gasteiger partial charge in [0.2, 0.25) is 0 Å². The Kier molecular flexibility index (Phi) is 8.49. The van der Waals surface area contributed by atoms with Gasteiger partial charge in [-0.2, -0.15) is 0 Å². The summed E-state index contributed by atoms with van der Waals surface area (Å²) in [7, 11) is 0. The number of rotatable bonds is 10. The van der Waals surface area contributed by atoms with E-state index in [1.54, 1.807) is 36.7 Å². The van der Waals surface area contributed by atoms with Crippen LogP contribution in [0.3, 0.4) is 0 Å². The highest BCUT2D eigenvalue weighted by Gasteiger charge is 2.18. The Labute approximate surface area is 199 Å². The fraction of sp³-hybridized carbons (Fsp3) is 0.0417. The van der Waals surface area contributed by atoms with Crippen molar-refractivity contribution < 1.29 is 14.6 Å². The van der Waals surface area contributed by atoms with E-state index in [2.05, 4.69) is 20.8 Å². The molecule has 0 aliphatic heterocycles. The van der Waals surface area contributed by atoms with Crippen molar-refractivity contribution in [3.05, 3.63) is 128 Å². The molecule has 3 aromatic rings. The second-order valence-corrected chi connectivity index (χ2v) is 7.05. The summed E-state index contributed by atoms with van der Waals surface area (Å²) in [5.74, 6) is -0.357. The largest absolute Gasteiger partial charge is 0.305 e. The van der Waals surface area contributed by atoms with Crippen molar-refractivity contribution in [2.75, 3.05) is 0 Å². The maximum atomic E-state index is 12.2. The van der Waals surface area contributed by atoms with Gasteiger partial charge in [-0.25, -0.2) is 4.99 Å². The van der Waals surface area contributed by atoms with Crippen LogP contribution in [0.2, 0.25) is 0 Å². The van der Waals surface area contributed by atoms with Crippen molar-refractivity contribution in [3.63, 3.8) is 0 Å². The summed E-state index contributed by atoms with van der Waals surface area (Å²) >= 11 is 0. The minimum atomic E-state index is -0.723. The molecule has 0 bridgehead atoms. The molecule has 0 unspecified atom stereocenters. The lowest BCUT2D eigenvalue weighted by molar-refractivity contribution is -0.393. The van der Waals surface area contributed by atoms with Gasteiger partial charge in [0.15, 0.2) is 0 Å². The Morgan fingerprint density at radius 3 is 2.51 bits per heavy atom. The van der Waals surface area contributed by atoms with Crippen molar-refractivity contribution in [1.82, 2.24) is 15.8 Å². The number of amides is 1. The van der Waals surface area contributed by atoms with Crippen LogP contribution < -0.4 is 10.9 Å². The van der Waals surface area contributed by atoms with Crippen molar-refractivity contribution >= 4 is 29.2 Å². The molecule has 0 spiro atoms. The monoisotopic (exact) mass is 472 g/mol. The Morgan fingerprint density at radius 2 is 1.83 bits per heavy atom. The molecule has 0 fully saturated rings. The van der Waals surface area contributed by atoms with Gasteiger partial charge in [0.1, 0.15) is 5.69 Å². The fourth-order valence-electron chi connectivity index (χ4n) is 2.92. The highest BCUT2D eigenvalue weighted by atomic mass is 16.6. The standard InChI is InChI=1S/C24H20N6O5/c31-24(20-9-5-12-25-17-20)28-27-16-19(14-18-6-2-1-3-7-18)8-4-13-26-22-11-10-21(29(32)33)15-23(22)30(34)35/h1-13,15-17,27H,14H2,(H,28,31)/b8-4-,19-16-,26-13?. The summed E-state index contributed by atoms with van der Waals surface area (Å²) in [5, 5.41) is 22.1. The van der Waals surface area contributed by atoms with Gasteiger partial charge in [0.25, 0.3) is 11.6 Å². The normalized spacial score (nSPS) is 11.5. The smallest absolute Gasteiger partial charge is 0.301 e. The topological polar surface area (TPSA) is 153 Å². The van der Waals surface area contributed by atoms with Crippen LogP contribution in [0.1, 0.15) is 15.9 Å². The highest BCUT2D eigenvalue weighted by Crippen LogP contribution is 2.30. The third kappa shape index (κ3) is 7.43. The first-order valence-corrected chi connectivity index (χ1v) is 10.3. The van der Waals surface area contributed by atoms with E-state index in [4.69, 9.17) is 0 Å². The summed E-state index contributed by atoms with van der Waals surface area (Å²) in [6.07, 6.45) is 9.79. The quantitative estimate of drug-likeness (QED) is 0.194. The van der Waals surface area contributed by atoms with Gasteiger partial charge < -0.3 is 5.43 Å². The number of hydrogen-bond acceptors (Lipinski definition) is 8. The molecule has 2 aromatic carbocycles. The molecule has 1 amide bonds. The summed E-state index contributed by atoms with van der Waals surface area (Å²) in [6, 6.07) is 16.1. The number of hydrogen-bond donors (Lipinski definition) is 2. The number of pyridine rings is 1. The lowest BCUT2D eigenvalue weighted by Crippen LogP contribution is -2.33. The van der Waals surface area contributed by atoms with Crippen molar-refractivity contribution in [3.8, 4) is 0 Å². The number of carbonyl (C=O) groups excluding carboxylic acids is 1. The first-order chi connectivity index (χ1) is 16.9. The van der Waals surface area contributed by atoms with Gasteiger partial charge in [0, 0.05) is 30.9 Å². The summed E-state index contributed by atoms with van der Waals surface area (Å²) in [4.78, 5) is 40.8. The molecular formula is C24H20N6O5. The SMILES string of the molecule is O=C(NN/C=C(/C=C\C=Nc1ccc([N+](=O)[O-])cc1[N+](=O)[O-])Cc1ccccc1)c1cccnc1. The number of nitro groups is 2. The summed E-state index contributed by atoms with van der Waals surface area (Å²) in [6.45, 7) is 0. The Bertz CT molecular complexity index is 1290. The van der Waals surface area contributed by atoms with Crippen LogP contribution in [0, 0.1) is 20.2 Å². The first kappa shape index (κ1) is 24.5. The average Bonchev–Trinajstić information content (AvgIpc) is 2.87. The van der Waals surface area contributed by atoms with Crippen molar-refractivity contribution in [2.45, 2.75) is 6.42 Å². The van der Waals surface area contributed by atoms with E-state index in [9.17, 15) is 25.0 Å². The molecule has 0 aliphatic rings. The lowest BCUT2D eigenvalue weighted by atomic mass is 10.1. The fourth-order valence-corrected chi connectivity index (χ4v) is 2.92. The van der Waals surface area contributed by atoms with Crippen LogP contribution in [-0.4, -0.2) is 27.0 Å². The molecule has 0 saturated carbocycles. The third-order valence-electron chi connectivity index (χ3n) is 4.59. The van der Waals surface area contributed by atoms with Gasteiger partial charge >= 0.3 is 5.69 Å². The van der Waals surface area contributed by atoms with Gasteiger partial charge in [-0.05, 0) is 41.8 Å². The Hall–Kier alpha value is -5.19. The zero-order valence-corrected chi connectivity index (χ0v) is 18.3. The number of aromatic nitrogens is 1. The molecule has 2 N–H and O–H groups in total. The maximum Gasteiger partial charge on any atom is 0.301 e. The highest BCUT2D eigenvalue weighted by molar-refractivity contribution is 5.93. The van der Waals surface area contributed by atoms with Crippen LogP contribution in [0.15, 0.2) is 102 Å². The van der Waals surface area contributed by atoms with E-state index in [0.717, 1.165) is 23.3 Å². The molecule has 1 aromatic heterocycles. The van der Waals surface area contributed by atoms with Crippen molar-refractivity contribution in [2.24, 2.45) is 4.99 Å². The van der Waals surface area contributed by atoms with Crippen molar-refractivity contribution in [1.29, 1.82) is 0 Å². The Morgan fingerprint density at radius 1 is 1.03 bits per heavy atom. The number of aliphatic imine (C=N–C) groups is 1. The third-order valence-corrected chi connectivity index (χ3v) is 4.59. The van der Waals surface area contributed by atoms with E-state index in [0.29, 0.717) is 12.0 Å². The number of nitrogens with zero attached hydrogens (tertiary/aromatic N) is 4. The molecule has 3 rings (SSSR count). The number of nitro benzene ring substituents is 2. The molecule has 0 radical (unpaired) electrons. The summed E-state index contributed by atoms with van der Waals surface area (Å²) < 4.78 is 0. The van der Waals surface area contributed by atoms with Crippen LogP contribution in [0.25, 0.3) is 0 Å². The van der Waals surface area contributed by atoms with Gasteiger partial charge in [-0.15, -0.1) is 0 Å². The predicted molar refractivity (Wildman–Crippen MR) is 130 cm³/mol. The number of benzene rings is 2. The van der Waals surface area contributed by atoms with Gasteiger partial charge in [-0.3, -0.25) is 35.4 Å². The number of carbonyl (C=O) groups is 1. The zero-order chi connectivity index (χ0) is 25.0. The predicted octanol–water partition coefficient (Wildman–Crippen LogP) is 4.22. The second-order valence-electron chi connectivity index (χ2n) is 7.05. The maximum absolute atomic E-state index is 12.2. The van der Waals surface area contributed by atoms with E-state index >= 15 is 0 Å². The lowest BCUT2D eigenvalue weighted by Gasteiger charge is -2.07. The average molecular weight is 472 g/mol. The number of non-ortho nitro benzene ring substituents is 1. The molecule has 11 nitrogen and oxygen atoms in total. The zero-order valence-electron chi connectivity index (χ0n) is 18.3. The molecule has 176 valence electrons. The van der Waals surface area contributed by atoms with Crippen LogP contribution in [0.4, 0.5) is 17.1 Å². The summed E-state index contributed by atoms with van der Waals surface area (Å²) in [5.41, 5.74) is 6.64. The minimum Gasteiger partial charge on any atom is -0.305 e. The van der Waals surface area contributed by atoms with E-state index in [1.165, 1.54) is 18.5 Å². The van der Waals surface area contributed by atoms with E-state index < -0.39 is 21.2 Å². The van der Waals surface area contributed by atoms with Crippen LogP contribution >= 0.6 is 0 Å². The number of hydrazine groups is 1. The number of allylic oxidation sites excluding steroid dienone is 3. The molecule has 0 aliphatic carbocycles. The number of nitrogens with one attached hydrogen (secondary N) is 2. The van der Waals surface area contributed by atoms with Crippen LogP contribution in [0.5, 0.6) is 0 Å².